The number of hydrogen-bond donors (Lipinski definition) is 1. The first-order valence-corrected chi connectivity index (χ1v) is 6.39. The van der Waals surface area contributed by atoms with Crippen LogP contribution >= 0.6 is 11.6 Å². The van der Waals surface area contributed by atoms with Crippen LogP contribution in [0, 0.1) is 0 Å². The second kappa shape index (κ2) is 5.17. The molecule has 0 aliphatic carbocycles. The molecule has 0 spiro atoms. The van der Waals surface area contributed by atoms with Gasteiger partial charge in [0.1, 0.15) is 5.82 Å². The lowest BCUT2D eigenvalue weighted by Gasteiger charge is -2.37. The van der Waals surface area contributed by atoms with Crippen molar-refractivity contribution in [1.82, 2.24) is 10.3 Å². The summed E-state index contributed by atoms with van der Waals surface area (Å²) in [7, 11) is 0. The minimum absolute atomic E-state index is 0.0381. The number of rotatable bonds is 1. The Morgan fingerprint density at radius 1 is 1.32 bits per heavy atom. The van der Waals surface area contributed by atoms with Gasteiger partial charge in [0.15, 0.2) is 0 Å². The Labute approximate surface area is 114 Å². The average Bonchev–Trinajstić information content (AvgIpc) is 2.26. The lowest BCUT2D eigenvalue weighted by molar-refractivity contribution is -0.137. The Kier molecular flexibility index (Phi) is 3.92. The van der Waals surface area contributed by atoms with Crippen molar-refractivity contribution in [3.05, 3.63) is 22.8 Å². The molecule has 106 valence electrons. The van der Waals surface area contributed by atoms with Gasteiger partial charge in [-0.1, -0.05) is 11.6 Å². The highest BCUT2D eigenvalue weighted by molar-refractivity contribution is 6.33. The summed E-state index contributed by atoms with van der Waals surface area (Å²) in [6, 6.07) is 1.41. The number of piperazine rings is 1. The fraction of sp³-hybridized carbons (Fsp3) is 0.583. The van der Waals surface area contributed by atoms with E-state index in [0.29, 0.717) is 18.9 Å². The molecule has 1 saturated heterocycles. The highest BCUT2D eigenvalue weighted by Crippen LogP contribution is 2.33. The Morgan fingerprint density at radius 3 is 2.37 bits per heavy atom. The molecular weight excluding hydrogens is 279 g/mol. The predicted octanol–water partition coefficient (Wildman–Crippen LogP) is 2.94. The van der Waals surface area contributed by atoms with E-state index >= 15 is 0 Å². The van der Waals surface area contributed by atoms with Crippen LogP contribution in [-0.4, -0.2) is 30.2 Å². The first-order valence-electron chi connectivity index (χ1n) is 6.01. The van der Waals surface area contributed by atoms with E-state index in [-0.39, 0.29) is 17.1 Å². The fourth-order valence-corrected chi connectivity index (χ4v) is 2.60. The Bertz CT molecular complexity index is 454. The summed E-state index contributed by atoms with van der Waals surface area (Å²) in [5.41, 5.74) is -0.822. The van der Waals surface area contributed by atoms with Crippen LogP contribution in [0.5, 0.6) is 0 Å². The van der Waals surface area contributed by atoms with Crippen molar-refractivity contribution in [2.45, 2.75) is 32.1 Å². The average molecular weight is 294 g/mol. The van der Waals surface area contributed by atoms with Gasteiger partial charge in [-0.15, -0.1) is 0 Å². The van der Waals surface area contributed by atoms with Crippen LogP contribution < -0.4 is 10.2 Å². The first-order chi connectivity index (χ1) is 8.77. The SMILES string of the molecule is C[C@@H]1CN(c2ncc(C(F)(F)F)cc2Cl)C[C@H](C)N1. The van der Waals surface area contributed by atoms with E-state index in [1.165, 1.54) is 0 Å². The lowest BCUT2D eigenvalue weighted by Crippen LogP contribution is -2.54. The molecule has 1 aromatic heterocycles. The van der Waals surface area contributed by atoms with E-state index in [4.69, 9.17) is 11.6 Å². The van der Waals surface area contributed by atoms with Gasteiger partial charge < -0.3 is 10.2 Å². The summed E-state index contributed by atoms with van der Waals surface area (Å²) in [5.74, 6) is 0.412. The number of nitrogens with zero attached hydrogens (tertiary/aromatic N) is 2. The highest BCUT2D eigenvalue weighted by Gasteiger charge is 2.32. The monoisotopic (exact) mass is 293 g/mol. The molecule has 7 heteroatoms. The van der Waals surface area contributed by atoms with E-state index in [1.54, 1.807) is 0 Å². The topological polar surface area (TPSA) is 28.2 Å². The summed E-state index contributed by atoms with van der Waals surface area (Å²) in [4.78, 5) is 5.79. The van der Waals surface area contributed by atoms with Gasteiger partial charge in [0.25, 0.3) is 0 Å². The van der Waals surface area contributed by atoms with Crippen molar-refractivity contribution in [2.75, 3.05) is 18.0 Å². The van der Waals surface area contributed by atoms with Crippen molar-refractivity contribution in [1.29, 1.82) is 0 Å². The van der Waals surface area contributed by atoms with Crippen molar-refractivity contribution < 1.29 is 13.2 Å². The maximum Gasteiger partial charge on any atom is 0.417 e. The van der Waals surface area contributed by atoms with Crippen LogP contribution in [0.4, 0.5) is 19.0 Å². The van der Waals surface area contributed by atoms with Crippen molar-refractivity contribution in [3.8, 4) is 0 Å². The normalized spacial score (nSPS) is 24.6. The van der Waals surface area contributed by atoms with Crippen LogP contribution in [0.25, 0.3) is 0 Å². The van der Waals surface area contributed by atoms with Gasteiger partial charge in [-0.3, -0.25) is 0 Å². The fourth-order valence-electron chi connectivity index (χ4n) is 2.32. The second-order valence-corrected chi connectivity index (χ2v) is 5.31. The molecule has 0 unspecified atom stereocenters. The van der Waals surface area contributed by atoms with E-state index in [0.717, 1.165) is 12.3 Å². The molecule has 0 amide bonds. The summed E-state index contributed by atoms with van der Waals surface area (Å²) < 4.78 is 37.6. The predicted molar refractivity (Wildman–Crippen MR) is 68.5 cm³/mol. The molecule has 19 heavy (non-hydrogen) atoms. The second-order valence-electron chi connectivity index (χ2n) is 4.90. The molecule has 2 heterocycles. The lowest BCUT2D eigenvalue weighted by atomic mass is 10.1. The number of halogens is 4. The zero-order valence-electron chi connectivity index (χ0n) is 10.6. The minimum atomic E-state index is -4.42. The van der Waals surface area contributed by atoms with Crippen LogP contribution in [0.3, 0.4) is 0 Å². The zero-order valence-corrected chi connectivity index (χ0v) is 11.4. The van der Waals surface area contributed by atoms with Crippen LogP contribution in [-0.2, 0) is 6.18 Å². The summed E-state index contributed by atoms with van der Waals surface area (Å²) in [6.45, 7) is 5.37. The molecule has 0 aromatic carbocycles. The molecule has 1 aromatic rings. The molecule has 1 N–H and O–H groups in total. The molecular formula is C12H15ClF3N3. The Balaban J connectivity index is 2.26. The van der Waals surface area contributed by atoms with E-state index in [9.17, 15) is 13.2 Å². The summed E-state index contributed by atoms with van der Waals surface area (Å²) >= 11 is 5.94. The van der Waals surface area contributed by atoms with E-state index in [1.807, 2.05) is 18.7 Å². The largest absolute Gasteiger partial charge is 0.417 e. The smallest absolute Gasteiger partial charge is 0.352 e. The first kappa shape index (κ1) is 14.4. The molecule has 0 radical (unpaired) electrons. The summed E-state index contributed by atoms with van der Waals surface area (Å²) in [6.07, 6.45) is -3.59. The van der Waals surface area contributed by atoms with Crippen molar-refractivity contribution in [3.63, 3.8) is 0 Å². The van der Waals surface area contributed by atoms with Gasteiger partial charge in [-0.25, -0.2) is 4.98 Å². The van der Waals surface area contributed by atoms with Gasteiger partial charge in [-0.2, -0.15) is 13.2 Å². The maximum absolute atomic E-state index is 12.5. The Morgan fingerprint density at radius 2 is 1.89 bits per heavy atom. The number of hydrogen-bond acceptors (Lipinski definition) is 3. The molecule has 1 aliphatic heterocycles. The number of pyridine rings is 1. The van der Waals surface area contributed by atoms with Crippen LogP contribution in [0.15, 0.2) is 12.3 Å². The number of anilines is 1. The number of aromatic nitrogens is 1. The number of alkyl halides is 3. The highest BCUT2D eigenvalue weighted by atomic mass is 35.5. The summed E-state index contributed by atoms with van der Waals surface area (Å²) in [5, 5.41) is 3.38. The van der Waals surface area contributed by atoms with E-state index in [2.05, 4.69) is 10.3 Å². The molecule has 2 rings (SSSR count). The van der Waals surface area contributed by atoms with Crippen molar-refractivity contribution in [2.24, 2.45) is 0 Å². The third-order valence-electron chi connectivity index (χ3n) is 3.01. The van der Waals surface area contributed by atoms with Crippen LogP contribution in [0.2, 0.25) is 5.02 Å². The molecule has 1 aliphatic rings. The standard InChI is InChI=1S/C12H15ClF3N3/c1-7-5-19(6-8(2)18-7)11-10(13)3-9(4-17-11)12(14,15)16/h3-4,7-8,18H,5-6H2,1-2H3/t7-,8+. The van der Waals surface area contributed by atoms with Crippen molar-refractivity contribution >= 4 is 17.4 Å². The maximum atomic E-state index is 12.5. The molecule has 3 nitrogen and oxygen atoms in total. The van der Waals surface area contributed by atoms with Crippen LogP contribution in [0.1, 0.15) is 19.4 Å². The number of nitrogens with one attached hydrogen (secondary N) is 1. The van der Waals surface area contributed by atoms with E-state index < -0.39 is 11.7 Å². The minimum Gasteiger partial charge on any atom is -0.352 e. The molecule has 1 fully saturated rings. The molecule has 2 atom stereocenters. The van der Waals surface area contributed by atoms with Gasteiger partial charge in [0.2, 0.25) is 0 Å². The Hall–Kier alpha value is -1.01. The quantitative estimate of drug-likeness (QED) is 0.863. The van der Waals surface area contributed by atoms with Gasteiger partial charge in [0.05, 0.1) is 10.6 Å². The van der Waals surface area contributed by atoms with Gasteiger partial charge >= 0.3 is 6.18 Å². The zero-order chi connectivity index (χ0) is 14.2. The third-order valence-corrected chi connectivity index (χ3v) is 3.28. The molecule has 0 saturated carbocycles. The molecule has 0 bridgehead atoms. The third kappa shape index (κ3) is 3.30. The van der Waals surface area contributed by atoms with Gasteiger partial charge in [0, 0.05) is 31.4 Å². The van der Waals surface area contributed by atoms with Gasteiger partial charge in [-0.05, 0) is 19.9 Å².